The fourth-order valence-corrected chi connectivity index (χ4v) is 6.27. The van der Waals surface area contributed by atoms with Gasteiger partial charge in [0.05, 0.1) is 26.9 Å². The van der Waals surface area contributed by atoms with E-state index in [0.717, 1.165) is 65.9 Å². The number of hydrogen-bond donors (Lipinski definition) is 2. The molecule has 0 saturated carbocycles. The molecular weight excluding hydrogens is 626 g/mol. The molecule has 0 saturated heterocycles. The van der Waals surface area contributed by atoms with E-state index < -0.39 is 11.7 Å². The Hall–Kier alpha value is -4.33. The molecule has 4 rings (SSSR count). The Morgan fingerprint density at radius 2 is 1.10 bits per heavy atom. The van der Waals surface area contributed by atoms with Gasteiger partial charge >= 0.3 is 6.09 Å². The summed E-state index contributed by atoms with van der Waals surface area (Å²) in [5.41, 5.74) is 3.10. The summed E-state index contributed by atoms with van der Waals surface area (Å²) < 4.78 is 23.0. The summed E-state index contributed by atoms with van der Waals surface area (Å²) in [6.07, 6.45) is 10.8. The normalized spacial score (nSPS) is 11.9. The first-order valence-corrected chi connectivity index (χ1v) is 18.2. The zero-order valence-electron chi connectivity index (χ0n) is 29.9. The van der Waals surface area contributed by atoms with Crippen molar-refractivity contribution in [1.82, 2.24) is 5.32 Å². The Morgan fingerprint density at radius 1 is 0.620 bits per heavy atom. The van der Waals surface area contributed by atoms with E-state index in [-0.39, 0.29) is 6.09 Å². The smallest absolute Gasteiger partial charge is 0.407 e. The zero-order valence-corrected chi connectivity index (χ0v) is 29.9. The number of amides is 1. The van der Waals surface area contributed by atoms with Gasteiger partial charge in [-0.15, -0.1) is 0 Å². The number of carbonyl (C=O) groups excluding carboxylic acids is 1. The minimum Gasteiger partial charge on any atom is -0.497 e. The molecule has 1 atom stereocenters. The summed E-state index contributed by atoms with van der Waals surface area (Å²) >= 11 is 0. The van der Waals surface area contributed by atoms with Crippen LogP contribution in [0.1, 0.15) is 92.9 Å². The molecule has 0 aliphatic rings. The number of hydrogen-bond acceptors (Lipinski definition) is 6. The Balaban J connectivity index is 1.14. The fraction of sp³-hybridized carbons (Fsp3) is 0.419. The van der Waals surface area contributed by atoms with Crippen LogP contribution in [-0.4, -0.2) is 44.7 Å². The first-order valence-electron chi connectivity index (χ1n) is 18.2. The van der Waals surface area contributed by atoms with Crippen LogP contribution < -0.4 is 14.8 Å². The van der Waals surface area contributed by atoms with Crippen LogP contribution in [0, 0.1) is 0 Å². The molecule has 268 valence electrons. The monoisotopic (exact) mass is 681 g/mol. The van der Waals surface area contributed by atoms with E-state index in [4.69, 9.17) is 18.9 Å². The Labute approximate surface area is 298 Å². The molecule has 0 heterocycles. The van der Waals surface area contributed by atoms with Crippen LogP contribution in [0.4, 0.5) is 4.79 Å². The third-order valence-electron chi connectivity index (χ3n) is 9.14. The number of nitrogens with one attached hydrogen (secondary N) is 1. The second-order valence-corrected chi connectivity index (χ2v) is 12.8. The van der Waals surface area contributed by atoms with Gasteiger partial charge in [-0.25, -0.2) is 4.79 Å². The largest absolute Gasteiger partial charge is 0.497 e. The molecule has 0 bridgehead atoms. The van der Waals surface area contributed by atoms with Crippen molar-refractivity contribution in [1.29, 1.82) is 0 Å². The third-order valence-corrected chi connectivity index (χ3v) is 9.14. The standard InChI is InChI=1S/C43H55NO6/c1-47-40-27-23-37(24-28-40)43(36-20-14-11-15-21-36,38-25-29-41(48-2)30-26-38)50-33-31-39(45)22-16-8-6-4-3-5-7-9-17-32-44-42(46)49-34-35-18-12-10-13-19-35/h10-15,18-21,23-30,39,45H,3-9,16-17,22,31-34H2,1-2H3,(H,44,46). The van der Waals surface area contributed by atoms with Crippen LogP contribution >= 0.6 is 0 Å². The molecule has 7 nitrogen and oxygen atoms in total. The second-order valence-electron chi connectivity index (χ2n) is 12.8. The molecule has 4 aromatic rings. The highest BCUT2D eigenvalue weighted by atomic mass is 16.5. The maximum absolute atomic E-state index is 11.8. The maximum Gasteiger partial charge on any atom is 0.407 e. The number of carbonyl (C=O) groups is 1. The van der Waals surface area contributed by atoms with Gasteiger partial charge in [-0.3, -0.25) is 0 Å². The van der Waals surface area contributed by atoms with Gasteiger partial charge in [0.1, 0.15) is 23.7 Å². The van der Waals surface area contributed by atoms with Crippen LogP contribution in [0.5, 0.6) is 11.5 Å². The molecule has 1 unspecified atom stereocenters. The minimum absolute atomic E-state index is 0.298. The van der Waals surface area contributed by atoms with E-state index in [2.05, 4.69) is 41.7 Å². The van der Waals surface area contributed by atoms with E-state index in [1.807, 2.05) is 72.8 Å². The molecule has 0 radical (unpaired) electrons. The van der Waals surface area contributed by atoms with Gasteiger partial charge in [-0.1, -0.05) is 136 Å². The quantitative estimate of drug-likeness (QED) is 0.0599. The average Bonchev–Trinajstić information content (AvgIpc) is 3.17. The van der Waals surface area contributed by atoms with Crippen molar-refractivity contribution in [2.75, 3.05) is 27.4 Å². The molecule has 7 heteroatoms. The van der Waals surface area contributed by atoms with Crippen molar-refractivity contribution >= 4 is 6.09 Å². The average molecular weight is 682 g/mol. The summed E-state index contributed by atoms with van der Waals surface area (Å²) in [6, 6.07) is 36.0. The van der Waals surface area contributed by atoms with E-state index in [1.54, 1.807) is 14.2 Å². The predicted octanol–water partition coefficient (Wildman–Crippen LogP) is 9.59. The van der Waals surface area contributed by atoms with Crippen LogP contribution in [0.2, 0.25) is 0 Å². The molecule has 0 aliphatic carbocycles. The number of alkyl carbamates (subject to hydrolysis) is 1. The summed E-state index contributed by atoms with van der Waals surface area (Å²) in [5.74, 6) is 1.56. The molecule has 2 N–H and O–H groups in total. The summed E-state index contributed by atoms with van der Waals surface area (Å²) in [5, 5.41) is 13.7. The zero-order chi connectivity index (χ0) is 35.3. The molecule has 0 spiro atoms. The SMILES string of the molecule is COc1ccc(C(OCCC(O)CCCCCCCCCCCNC(=O)OCc2ccccc2)(c2ccccc2)c2ccc(OC)cc2)cc1. The molecular formula is C43H55NO6. The molecule has 0 fully saturated rings. The third kappa shape index (κ3) is 12.2. The topological polar surface area (TPSA) is 86.2 Å². The number of methoxy groups -OCH3 is 2. The van der Waals surface area contributed by atoms with Gasteiger partial charge in [0.15, 0.2) is 0 Å². The fourth-order valence-electron chi connectivity index (χ4n) is 6.27. The van der Waals surface area contributed by atoms with Crippen molar-refractivity contribution in [3.63, 3.8) is 0 Å². The molecule has 50 heavy (non-hydrogen) atoms. The Bertz CT molecular complexity index is 1430. The first-order chi connectivity index (χ1) is 24.5. The van der Waals surface area contributed by atoms with Crippen LogP contribution in [-0.2, 0) is 21.7 Å². The second kappa shape index (κ2) is 21.7. The van der Waals surface area contributed by atoms with Gasteiger partial charge in [0, 0.05) is 6.54 Å². The highest BCUT2D eigenvalue weighted by Gasteiger charge is 2.38. The van der Waals surface area contributed by atoms with E-state index in [9.17, 15) is 9.90 Å². The highest BCUT2D eigenvalue weighted by Crippen LogP contribution is 2.41. The lowest BCUT2D eigenvalue weighted by molar-refractivity contribution is -0.00664. The number of benzene rings is 4. The van der Waals surface area contributed by atoms with Crippen molar-refractivity contribution < 1.29 is 28.8 Å². The van der Waals surface area contributed by atoms with Crippen LogP contribution in [0.15, 0.2) is 109 Å². The van der Waals surface area contributed by atoms with Gasteiger partial charge in [0.25, 0.3) is 0 Å². The number of ether oxygens (including phenoxy) is 4. The Morgan fingerprint density at radius 3 is 1.64 bits per heavy atom. The van der Waals surface area contributed by atoms with Crippen molar-refractivity contribution in [3.05, 3.63) is 131 Å². The lowest BCUT2D eigenvalue weighted by atomic mass is 9.80. The van der Waals surface area contributed by atoms with Gasteiger partial charge in [0.2, 0.25) is 0 Å². The van der Waals surface area contributed by atoms with Crippen LogP contribution in [0.3, 0.4) is 0 Å². The van der Waals surface area contributed by atoms with E-state index in [0.29, 0.717) is 26.2 Å². The summed E-state index contributed by atoms with van der Waals surface area (Å²) in [7, 11) is 3.33. The lowest BCUT2D eigenvalue weighted by Crippen LogP contribution is -2.34. The first kappa shape index (κ1) is 38.5. The van der Waals surface area contributed by atoms with Crippen molar-refractivity contribution in [3.8, 4) is 11.5 Å². The minimum atomic E-state index is -0.871. The number of aliphatic hydroxyl groups is 1. The number of rotatable bonds is 23. The number of unbranched alkanes of at least 4 members (excludes halogenated alkanes) is 8. The number of aliphatic hydroxyl groups excluding tert-OH is 1. The summed E-state index contributed by atoms with van der Waals surface area (Å²) in [6.45, 7) is 1.35. The summed E-state index contributed by atoms with van der Waals surface area (Å²) in [4.78, 5) is 11.8. The molecule has 0 aromatic heterocycles. The lowest BCUT2D eigenvalue weighted by Gasteiger charge is -2.36. The van der Waals surface area contributed by atoms with Crippen molar-refractivity contribution in [2.24, 2.45) is 0 Å². The highest BCUT2D eigenvalue weighted by molar-refractivity contribution is 5.67. The predicted molar refractivity (Wildman–Crippen MR) is 200 cm³/mol. The molecule has 4 aromatic carbocycles. The van der Waals surface area contributed by atoms with E-state index in [1.165, 1.54) is 32.1 Å². The van der Waals surface area contributed by atoms with Gasteiger partial charge < -0.3 is 29.4 Å². The van der Waals surface area contributed by atoms with E-state index >= 15 is 0 Å². The van der Waals surface area contributed by atoms with Gasteiger partial charge in [-0.05, 0) is 65.8 Å². The van der Waals surface area contributed by atoms with Gasteiger partial charge in [-0.2, -0.15) is 0 Å². The Kier molecular flexibility index (Phi) is 16.7. The van der Waals surface area contributed by atoms with Crippen LogP contribution in [0.25, 0.3) is 0 Å². The molecule has 1 amide bonds. The molecule has 0 aliphatic heterocycles. The van der Waals surface area contributed by atoms with Crippen molar-refractivity contribution in [2.45, 2.75) is 88.9 Å². The maximum atomic E-state index is 11.8.